The van der Waals surface area contributed by atoms with E-state index in [0.29, 0.717) is 12.8 Å². The minimum absolute atomic E-state index is 0.292. The Bertz CT molecular complexity index is 280. The molecule has 1 aliphatic rings. The fourth-order valence-corrected chi connectivity index (χ4v) is 2.99. The van der Waals surface area contributed by atoms with Crippen LogP contribution in [0.4, 0.5) is 4.79 Å². The van der Waals surface area contributed by atoms with Crippen molar-refractivity contribution in [3.8, 4) is 0 Å². The molecule has 0 aromatic carbocycles. The first-order chi connectivity index (χ1) is 7.68. The lowest BCUT2D eigenvalue weighted by Crippen LogP contribution is -2.62. The van der Waals surface area contributed by atoms with Gasteiger partial charge in [0.05, 0.1) is 11.6 Å². The van der Waals surface area contributed by atoms with Crippen LogP contribution in [0.15, 0.2) is 0 Å². The number of aliphatic hydroxyl groups is 1. The molecule has 0 aliphatic carbocycles. The Morgan fingerprint density at radius 3 is 2.18 bits per heavy atom. The maximum Gasteiger partial charge on any atom is 0.407 e. The third-order valence-electron chi connectivity index (χ3n) is 3.49. The molecule has 0 aromatic rings. The number of hydrogen-bond donors (Lipinski definition) is 3. The van der Waals surface area contributed by atoms with Gasteiger partial charge in [-0.05, 0) is 31.3 Å². The SMILES string of the molecule is CN(C(=O)O)C(C(C)(C)C)C1(O)CCNCC1. The van der Waals surface area contributed by atoms with Gasteiger partial charge in [-0.2, -0.15) is 0 Å². The molecule has 1 rings (SSSR count). The van der Waals surface area contributed by atoms with Gasteiger partial charge in [-0.15, -0.1) is 0 Å². The molecule has 1 aliphatic heterocycles. The average Bonchev–Trinajstić information content (AvgIpc) is 2.15. The minimum Gasteiger partial charge on any atom is -0.465 e. The molecule has 17 heavy (non-hydrogen) atoms. The van der Waals surface area contributed by atoms with Crippen molar-refractivity contribution in [1.29, 1.82) is 0 Å². The number of nitrogens with zero attached hydrogens (tertiary/aromatic N) is 1. The number of carbonyl (C=O) groups is 1. The normalized spacial score (nSPS) is 21.9. The van der Waals surface area contributed by atoms with Crippen molar-refractivity contribution in [2.24, 2.45) is 5.41 Å². The topological polar surface area (TPSA) is 72.8 Å². The van der Waals surface area contributed by atoms with Crippen LogP contribution in [0.25, 0.3) is 0 Å². The standard InChI is InChI=1S/C12H24N2O3/c1-11(2,3)9(14(4)10(15)16)12(17)5-7-13-8-6-12/h9,13,17H,5-8H2,1-4H3,(H,15,16). The van der Waals surface area contributed by atoms with E-state index < -0.39 is 17.7 Å². The Hall–Kier alpha value is -0.810. The zero-order chi connectivity index (χ0) is 13.3. The van der Waals surface area contributed by atoms with Gasteiger partial charge in [-0.1, -0.05) is 20.8 Å². The predicted octanol–water partition coefficient (Wildman–Crippen LogP) is 1.13. The molecule has 1 unspecified atom stereocenters. The van der Waals surface area contributed by atoms with Gasteiger partial charge in [0.15, 0.2) is 0 Å². The van der Waals surface area contributed by atoms with E-state index in [2.05, 4.69) is 5.32 Å². The summed E-state index contributed by atoms with van der Waals surface area (Å²) in [5, 5.41) is 23.1. The smallest absolute Gasteiger partial charge is 0.407 e. The largest absolute Gasteiger partial charge is 0.465 e. The Balaban J connectivity index is 3.01. The van der Waals surface area contributed by atoms with Crippen LogP contribution in [-0.2, 0) is 0 Å². The van der Waals surface area contributed by atoms with Gasteiger partial charge >= 0.3 is 6.09 Å². The van der Waals surface area contributed by atoms with Gasteiger partial charge in [0.1, 0.15) is 0 Å². The van der Waals surface area contributed by atoms with Crippen LogP contribution in [-0.4, -0.2) is 53.0 Å². The highest BCUT2D eigenvalue weighted by Crippen LogP contribution is 2.37. The van der Waals surface area contributed by atoms with E-state index in [9.17, 15) is 9.90 Å². The van der Waals surface area contributed by atoms with Gasteiger partial charge in [0.2, 0.25) is 0 Å². The van der Waals surface area contributed by atoms with Crippen LogP contribution in [0.1, 0.15) is 33.6 Å². The molecule has 0 spiro atoms. The summed E-state index contributed by atoms with van der Waals surface area (Å²) in [5.74, 6) is 0. The van der Waals surface area contributed by atoms with Gasteiger partial charge in [0.25, 0.3) is 0 Å². The molecule has 100 valence electrons. The van der Waals surface area contributed by atoms with Crippen molar-refractivity contribution in [3.05, 3.63) is 0 Å². The third-order valence-corrected chi connectivity index (χ3v) is 3.49. The molecule has 0 radical (unpaired) electrons. The van der Waals surface area contributed by atoms with Crippen molar-refractivity contribution in [1.82, 2.24) is 10.2 Å². The maximum absolute atomic E-state index is 11.2. The number of hydrogen-bond acceptors (Lipinski definition) is 3. The molecule has 1 atom stereocenters. The summed E-state index contributed by atoms with van der Waals surface area (Å²) in [6.07, 6.45) is 0.191. The van der Waals surface area contributed by atoms with E-state index in [4.69, 9.17) is 5.11 Å². The van der Waals surface area contributed by atoms with E-state index in [1.54, 1.807) is 0 Å². The zero-order valence-electron chi connectivity index (χ0n) is 11.2. The molecule has 0 aromatic heterocycles. The quantitative estimate of drug-likeness (QED) is 0.681. The Labute approximate surface area is 103 Å². The minimum atomic E-state index is -0.989. The first kappa shape index (κ1) is 14.3. The molecule has 5 nitrogen and oxygen atoms in total. The molecule has 0 bridgehead atoms. The fourth-order valence-electron chi connectivity index (χ4n) is 2.99. The van der Waals surface area contributed by atoms with Crippen LogP contribution in [0, 0.1) is 5.41 Å². The van der Waals surface area contributed by atoms with E-state index in [1.165, 1.54) is 11.9 Å². The van der Waals surface area contributed by atoms with Crippen LogP contribution in [0.3, 0.4) is 0 Å². The Morgan fingerprint density at radius 2 is 1.82 bits per heavy atom. The predicted molar refractivity (Wildman–Crippen MR) is 66.1 cm³/mol. The number of carboxylic acid groups (broad SMARTS) is 1. The van der Waals surface area contributed by atoms with Crippen LogP contribution in [0.5, 0.6) is 0 Å². The lowest BCUT2D eigenvalue weighted by molar-refractivity contribution is -0.0917. The van der Waals surface area contributed by atoms with Crippen molar-refractivity contribution in [2.45, 2.75) is 45.3 Å². The van der Waals surface area contributed by atoms with Crippen molar-refractivity contribution in [2.75, 3.05) is 20.1 Å². The summed E-state index contributed by atoms with van der Waals surface area (Å²) in [5.41, 5.74) is -1.23. The first-order valence-corrected chi connectivity index (χ1v) is 6.07. The van der Waals surface area contributed by atoms with E-state index in [1.807, 2.05) is 20.8 Å². The van der Waals surface area contributed by atoms with E-state index in [0.717, 1.165) is 13.1 Å². The van der Waals surface area contributed by atoms with Crippen LogP contribution >= 0.6 is 0 Å². The first-order valence-electron chi connectivity index (χ1n) is 6.07. The van der Waals surface area contributed by atoms with Crippen LogP contribution < -0.4 is 5.32 Å². The number of likely N-dealkylation sites (N-methyl/N-ethyl adjacent to an activating group) is 1. The van der Waals surface area contributed by atoms with Crippen molar-refractivity contribution >= 4 is 6.09 Å². The molecular formula is C12H24N2O3. The monoisotopic (exact) mass is 244 g/mol. The molecule has 1 amide bonds. The van der Waals surface area contributed by atoms with E-state index in [-0.39, 0.29) is 5.41 Å². The van der Waals surface area contributed by atoms with Gasteiger partial charge in [0, 0.05) is 7.05 Å². The lowest BCUT2D eigenvalue weighted by atomic mass is 9.71. The highest BCUT2D eigenvalue weighted by molar-refractivity contribution is 5.65. The fraction of sp³-hybridized carbons (Fsp3) is 0.917. The highest BCUT2D eigenvalue weighted by Gasteiger charge is 2.47. The Morgan fingerprint density at radius 1 is 1.35 bits per heavy atom. The third kappa shape index (κ3) is 3.10. The average molecular weight is 244 g/mol. The van der Waals surface area contributed by atoms with Gasteiger partial charge in [-0.25, -0.2) is 4.79 Å². The summed E-state index contributed by atoms with van der Waals surface area (Å²) in [7, 11) is 1.54. The lowest BCUT2D eigenvalue weighted by Gasteiger charge is -2.49. The van der Waals surface area contributed by atoms with Crippen molar-refractivity contribution in [3.63, 3.8) is 0 Å². The summed E-state index contributed by atoms with van der Waals surface area (Å²) in [6, 6.07) is -0.394. The number of piperidine rings is 1. The summed E-state index contributed by atoms with van der Waals surface area (Å²) in [6.45, 7) is 7.37. The second-order valence-electron chi connectivity index (χ2n) is 6.02. The summed E-state index contributed by atoms with van der Waals surface area (Å²) >= 11 is 0. The maximum atomic E-state index is 11.2. The summed E-state index contributed by atoms with van der Waals surface area (Å²) < 4.78 is 0. The number of amides is 1. The van der Waals surface area contributed by atoms with Crippen molar-refractivity contribution < 1.29 is 15.0 Å². The Kier molecular flexibility index (Phi) is 4.04. The molecule has 1 fully saturated rings. The molecule has 1 saturated heterocycles. The molecule has 3 N–H and O–H groups in total. The zero-order valence-corrected chi connectivity index (χ0v) is 11.2. The second kappa shape index (κ2) is 4.82. The van der Waals surface area contributed by atoms with Gasteiger partial charge in [-0.3, -0.25) is 0 Å². The highest BCUT2D eigenvalue weighted by atomic mass is 16.4. The second-order valence-corrected chi connectivity index (χ2v) is 6.02. The molecule has 1 heterocycles. The molecular weight excluding hydrogens is 220 g/mol. The number of rotatable bonds is 2. The van der Waals surface area contributed by atoms with Gasteiger partial charge < -0.3 is 20.4 Å². The summed E-state index contributed by atoms with van der Waals surface area (Å²) in [4.78, 5) is 12.4. The van der Waals surface area contributed by atoms with Crippen LogP contribution in [0.2, 0.25) is 0 Å². The molecule has 5 heteroatoms. The molecule has 0 saturated carbocycles. The number of nitrogens with one attached hydrogen (secondary N) is 1. The van der Waals surface area contributed by atoms with E-state index >= 15 is 0 Å².